The van der Waals surface area contributed by atoms with Crippen LogP contribution in [-0.4, -0.2) is 54.5 Å². The van der Waals surface area contributed by atoms with Crippen LogP contribution >= 0.6 is 27.5 Å². The first-order chi connectivity index (χ1) is 10.0. The summed E-state index contributed by atoms with van der Waals surface area (Å²) in [6.07, 6.45) is 0. The van der Waals surface area contributed by atoms with Gasteiger partial charge in [0.05, 0.1) is 0 Å². The molecule has 1 saturated heterocycles. The van der Waals surface area contributed by atoms with Gasteiger partial charge in [-0.05, 0) is 25.1 Å². The van der Waals surface area contributed by atoms with Crippen LogP contribution in [0.3, 0.4) is 0 Å². The number of hydrogen-bond donors (Lipinski definition) is 1. The minimum absolute atomic E-state index is 0.0613. The fourth-order valence-corrected chi connectivity index (χ4v) is 3.10. The first-order valence-electron chi connectivity index (χ1n) is 6.79. The topological polar surface area (TPSA) is 52.7 Å². The Balaban J connectivity index is 1.98. The van der Waals surface area contributed by atoms with Gasteiger partial charge in [0.25, 0.3) is 5.91 Å². The van der Waals surface area contributed by atoms with Gasteiger partial charge in [-0.3, -0.25) is 4.79 Å². The Morgan fingerprint density at radius 2 is 1.81 bits per heavy atom. The van der Waals surface area contributed by atoms with Crippen molar-refractivity contribution in [1.29, 1.82) is 0 Å². The lowest BCUT2D eigenvalue weighted by Crippen LogP contribution is -2.53. The summed E-state index contributed by atoms with van der Waals surface area (Å²) in [6, 6.07) is 5.08. The quantitative estimate of drug-likeness (QED) is 0.865. The summed E-state index contributed by atoms with van der Waals surface area (Å²) in [5.74, 6) is -0.0613. The van der Waals surface area contributed by atoms with E-state index in [1.54, 1.807) is 28.0 Å². The first kappa shape index (κ1) is 16.1. The molecule has 21 heavy (non-hydrogen) atoms. The van der Waals surface area contributed by atoms with Crippen LogP contribution in [0.4, 0.5) is 4.79 Å². The number of hydrogen-bond acceptors (Lipinski definition) is 2. The van der Waals surface area contributed by atoms with Gasteiger partial charge < -0.3 is 15.1 Å². The number of benzene rings is 1. The van der Waals surface area contributed by atoms with E-state index in [2.05, 4.69) is 21.2 Å². The van der Waals surface area contributed by atoms with Crippen molar-refractivity contribution in [3.63, 3.8) is 0 Å². The Hall–Kier alpha value is -1.27. The minimum atomic E-state index is -0.0740. The Labute approximate surface area is 137 Å². The Kier molecular flexibility index (Phi) is 5.47. The normalized spacial score (nSPS) is 15.0. The number of amides is 3. The summed E-state index contributed by atoms with van der Waals surface area (Å²) >= 11 is 9.31. The van der Waals surface area contributed by atoms with Crippen molar-refractivity contribution in [2.75, 3.05) is 32.7 Å². The molecule has 0 spiro atoms. The van der Waals surface area contributed by atoms with Gasteiger partial charge in [0.15, 0.2) is 0 Å². The van der Waals surface area contributed by atoms with E-state index in [0.717, 1.165) is 4.47 Å². The molecule has 5 nitrogen and oxygen atoms in total. The standard InChI is InChI=1S/C14H17BrClN3O2/c1-2-17-14(21)19-5-3-18(4-6-19)13(20)10-7-11(15)9-12(16)8-10/h7-9H,2-6H2,1H3,(H,17,21). The van der Waals surface area contributed by atoms with Gasteiger partial charge in [0, 0.05) is 47.8 Å². The summed E-state index contributed by atoms with van der Waals surface area (Å²) in [5.41, 5.74) is 0.556. The largest absolute Gasteiger partial charge is 0.338 e. The number of halogens is 2. The molecule has 1 N–H and O–H groups in total. The second-order valence-electron chi connectivity index (χ2n) is 4.77. The molecule has 0 aliphatic carbocycles. The molecular formula is C14H17BrClN3O2. The van der Waals surface area contributed by atoms with E-state index in [1.165, 1.54) is 0 Å². The van der Waals surface area contributed by atoms with Gasteiger partial charge in [-0.25, -0.2) is 4.79 Å². The third kappa shape index (κ3) is 4.11. The summed E-state index contributed by atoms with van der Waals surface area (Å²) < 4.78 is 0.777. The molecule has 1 fully saturated rings. The van der Waals surface area contributed by atoms with Crippen LogP contribution in [0, 0.1) is 0 Å². The monoisotopic (exact) mass is 373 g/mol. The Bertz CT molecular complexity index is 525. The zero-order chi connectivity index (χ0) is 15.4. The number of rotatable bonds is 2. The van der Waals surface area contributed by atoms with Gasteiger partial charge >= 0.3 is 6.03 Å². The van der Waals surface area contributed by atoms with Crippen molar-refractivity contribution in [2.24, 2.45) is 0 Å². The molecule has 0 unspecified atom stereocenters. The molecule has 7 heteroatoms. The second kappa shape index (κ2) is 7.13. The molecule has 3 amide bonds. The molecule has 2 rings (SSSR count). The fraction of sp³-hybridized carbons (Fsp3) is 0.429. The molecule has 1 heterocycles. The van der Waals surface area contributed by atoms with Crippen molar-refractivity contribution >= 4 is 39.5 Å². The van der Waals surface area contributed by atoms with Crippen molar-refractivity contribution in [3.8, 4) is 0 Å². The van der Waals surface area contributed by atoms with Crippen molar-refractivity contribution in [3.05, 3.63) is 33.3 Å². The number of urea groups is 1. The van der Waals surface area contributed by atoms with Gasteiger partial charge in [-0.15, -0.1) is 0 Å². The smallest absolute Gasteiger partial charge is 0.317 e. The highest BCUT2D eigenvalue weighted by molar-refractivity contribution is 9.10. The Morgan fingerprint density at radius 1 is 1.19 bits per heavy atom. The van der Waals surface area contributed by atoms with E-state index in [4.69, 9.17) is 11.6 Å². The zero-order valence-electron chi connectivity index (χ0n) is 11.7. The minimum Gasteiger partial charge on any atom is -0.338 e. The van der Waals surface area contributed by atoms with Crippen LogP contribution in [0.25, 0.3) is 0 Å². The van der Waals surface area contributed by atoms with Gasteiger partial charge in [0.2, 0.25) is 0 Å². The molecule has 0 aromatic heterocycles. The van der Waals surface area contributed by atoms with Crippen LogP contribution in [0.2, 0.25) is 5.02 Å². The van der Waals surface area contributed by atoms with E-state index < -0.39 is 0 Å². The second-order valence-corrected chi connectivity index (χ2v) is 6.12. The van der Waals surface area contributed by atoms with Gasteiger partial charge in [-0.1, -0.05) is 27.5 Å². The molecule has 1 aliphatic rings. The van der Waals surface area contributed by atoms with Crippen molar-refractivity contribution < 1.29 is 9.59 Å². The van der Waals surface area contributed by atoms with Crippen LogP contribution in [0.1, 0.15) is 17.3 Å². The fourth-order valence-electron chi connectivity index (χ4n) is 2.24. The summed E-state index contributed by atoms with van der Waals surface area (Å²) in [4.78, 5) is 27.6. The lowest BCUT2D eigenvalue weighted by atomic mass is 10.2. The molecular weight excluding hydrogens is 358 g/mol. The predicted molar refractivity (Wildman–Crippen MR) is 85.7 cm³/mol. The highest BCUT2D eigenvalue weighted by Crippen LogP contribution is 2.21. The summed E-state index contributed by atoms with van der Waals surface area (Å²) in [5, 5.41) is 3.29. The number of carbonyl (C=O) groups is 2. The first-order valence-corrected chi connectivity index (χ1v) is 7.96. The van der Waals surface area contributed by atoms with Gasteiger partial charge in [0.1, 0.15) is 0 Å². The van der Waals surface area contributed by atoms with E-state index >= 15 is 0 Å². The van der Waals surface area contributed by atoms with Gasteiger partial charge in [-0.2, -0.15) is 0 Å². The average Bonchev–Trinajstić information content (AvgIpc) is 2.46. The third-order valence-electron chi connectivity index (χ3n) is 3.29. The van der Waals surface area contributed by atoms with Crippen molar-refractivity contribution in [1.82, 2.24) is 15.1 Å². The zero-order valence-corrected chi connectivity index (χ0v) is 14.1. The number of nitrogens with one attached hydrogen (secondary N) is 1. The maximum Gasteiger partial charge on any atom is 0.317 e. The van der Waals surface area contributed by atoms with E-state index in [1.807, 2.05) is 6.92 Å². The van der Waals surface area contributed by atoms with E-state index in [9.17, 15) is 9.59 Å². The highest BCUT2D eigenvalue weighted by Gasteiger charge is 2.24. The van der Waals surface area contributed by atoms with Crippen LogP contribution < -0.4 is 5.32 Å². The maximum atomic E-state index is 12.4. The lowest BCUT2D eigenvalue weighted by Gasteiger charge is -2.34. The maximum absolute atomic E-state index is 12.4. The van der Waals surface area contributed by atoms with E-state index in [-0.39, 0.29) is 11.9 Å². The molecule has 1 aromatic rings. The summed E-state index contributed by atoms with van der Waals surface area (Å²) in [6.45, 7) is 4.63. The molecule has 0 radical (unpaired) electrons. The van der Waals surface area contributed by atoms with Crippen LogP contribution in [0.5, 0.6) is 0 Å². The molecule has 0 atom stereocenters. The molecule has 1 aromatic carbocycles. The number of nitrogens with zero attached hydrogens (tertiary/aromatic N) is 2. The number of piperazine rings is 1. The van der Waals surface area contributed by atoms with E-state index in [0.29, 0.717) is 43.3 Å². The Morgan fingerprint density at radius 3 is 2.38 bits per heavy atom. The third-order valence-corrected chi connectivity index (χ3v) is 3.97. The average molecular weight is 375 g/mol. The lowest BCUT2D eigenvalue weighted by molar-refractivity contribution is 0.0665. The molecule has 114 valence electrons. The van der Waals surface area contributed by atoms with Crippen LogP contribution in [-0.2, 0) is 0 Å². The number of carbonyl (C=O) groups excluding carboxylic acids is 2. The van der Waals surface area contributed by atoms with Crippen molar-refractivity contribution in [2.45, 2.75) is 6.92 Å². The molecule has 0 bridgehead atoms. The highest BCUT2D eigenvalue weighted by atomic mass is 79.9. The SMILES string of the molecule is CCNC(=O)N1CCN(C(=O)c2cc(Cl)cc(Br)c2)CC1. The predicted octanol–water partition coefficient (Wildman–Crippen LogP) is 2.59. The van der Waals surface area contributed by atoms with Crippen LogP contribution in [0.15, 0.2) is 22.7 Å². The summed E-state index contributed by atoms with van der Waals surface area (Å²) in [7, 11) is 0. The molecule has 1 aliphatic heterocycles. The molecule has 0 saturated carbocycles.